The number of nitrogens with zero attached hydrogens (tertiary/aromatic N) is 1. The van der Waals surface area contributed by atoms with Crippen LogP contribution < -0.4 is 16.0 Å². The topological polar surface area (TPSA) is 120 Å². The Balaban J connectivity index is 2.31. The SMILES string of the molecule is NC(N)=NOP(=O)(O)Oc1cccc2ccccc12. The third-order valence-corrected chi connectivity index (χ3v) is 2.93. The van der Waals surface area contributed by atoms with Gasteiger partial charge in [-0.15, -0.1) is 0 Å². The molecule has 19 heavy (non-hydrogen) atoms. The fourth-order valence-electron chi connectivity index (χ4n) is 1.51. The summed E-state index contributed by atoms with van der Waals surface area (Å²) in [5.41, 5.74) is 10.00. The molecule has 0 aromatic heterocycles. The van der Waals surface area contributed by atoms with Crippen LogP contribution in [0.1, 0.15) is 0 Å². The van der Waals surface area contributed by atoms with E-state index in [-0.39, 0.29) is 5.75 Å². The first-order chi connectivity index (χ1) is 8.98. The molecule has 0 bridgehead atoms. The van der Waals surface area contributed by atoms with Crippen LogP contribution in [0.2, 0.25) is 0 Å². The summed E-state index contributed by atoms with van der Waals surface area (Å²) in [6.45, 7) is 0. The van der Waals surface area contributed by atoms with Gasteiger partial charge in [-0.1, -0.05) is 36.4 Å². The molecule has 0 aliphatic heterocycles. The summed E-state index contributed by atoms with van der Waals surface area (Å²) in [5.74, 6) is -0.273. The summed E-state index contributed by atoms with van der Waals surface area (Å²) >= 11 is 0. The molecule has 7 nitrogen and oxygen atoms in total. The van der Waals surface area contributed by atoms with Crippen molar-refractivity contribution in [2.24, 2.45) is 16.6 Å². The summed E-state index contributed by atoms with van der Waals surface area (Å²) in [5, 5.41) is 4.54. The zero-order valence-electron chi connectivity index (χ0n) is 9.76. The van der Waals surface area contributed by atoms with Gasteiger partial charge in [-0.05, 0) is 16.6 Å². The van der Waals surface area contributed by atoms with Crippen molar-refractivity contribution in [2.45, 2.75) is 0 Å². The van der Waals surface area contributed by atoms with E-state index in [1.807, 2.05) is 18.2 Å². The fraction of sp³-hybridized carbons (Fsp3) is 0. The quantitative estimate of drug-likeness (QED) is 0.338. The number of guanidine groups is 1. The van der Waals surface area contributed by atoms with Crippen LogP contribution in [0.3, 0.4) is 0 Å². The molecule has 0 saturated carbocycles. The molecule has 0 amide bonds. The molecule has 5 N–H and O–H groups in total. The molecule has 2 rings (SSSR count). The van der Waals surface area contributed by atoms with Crippen LogP contribution in [0.4, 0.5) is 0 Å². The third-order valence-electron chi connectivity index (χ3n) is 2.21. The second kappa shape index (κ2) is 5.17. The summed E-state index contributed by atoms with van der Waals surface area (Å²) in [6, 6.07) is 12.3. The fourth-order valence-corrected chi connectivity index (χ4v) is 2.15. The molecule has 0 spiro atoms. The number of phosphoric acid groups is 1. The average Bonchev–Trinajstić information content (AvgIpc) is 2.37. The van der Waals surface area contributed by atoms with Crippen LogP contribution in [0.15, 0.2) is 47.6 Å². The summed E-state index contributed by atoms with van der Waals surface area (Å²) in [6.07, 6.45) is 0. The van der Waals surface area contributed by atoms with Crippen molar-refractivity contribution in [1.82, 2.24) is 0 Å². The van der Waals surface area contributed by atoms with Crippen molar-refractivity contribution >= 4 is 24.6 Å². The molecular formula is C11H12N3O4P. The van der Waals surface area contributed by atoms with Crippen LogP contribution in [0.5, 0.6) is 5.75 Å². The molecule has 0 fully saturated rings. The van der Waals surface area contributed by atoms with Gasteiger partial charge in [0.15, 0.2) is 0 Å². The zero-order valence-corrected chi connectivity index (χ0v) is 10.7. The number of phosphoric ester groups is 1. The molecule has 0 aliphatic carbocycles. The number of fused-ring (bicyclic) bond motifs is 1. The Kier molecular flexibility index (Phi) is 3.59. The lowest BCUT2D eigenvalue weighted by Crippen LogP contribution is -2.22. The minimum absolute atomic E-state index is 0.203. The number of hydrogen-bond donors (Lipinski definition) is 3. The molecule has 1 atom stereocenters. The first kappa shape index (κ1) is 13.2. The number of benzene rings is 2. The first-order valence-corrected chi connectivity index (χ1v) is 6.75. The molecule has 0 aliphatic rings. The van der Waals surface area contributed by atoms with E-state index < -0.39 is 13.8 Å². The third kappa shape index (κ3) is 3.37. The molecule has 2 aromatic carbocycles. The van der Waals surface area contributed by atoms with Crippen LogP contribution >= 0.6 is 7.82 Å². The Morgan fingerprint density at radius 2 is 1.84 bits per heavy atom. The van der Waals surface area contributed by atoms with Crippen molar-refractivity contribution in [3.63, 3.8) is 0 Å². The summed E-state index contributed by atoms with van der Waals surface area (Å²) in [7, 11) is -4.42. The summed E-state index contributed by atoms with van der Waals surface area (Å²) < 4.78 is 20.8. The molecule has 8 heteroatoms. The van der Waals surface area contributed by atoms with Crippen molar-refractivity contribution in [1.29, 1.82) is 0 Å². The molecule has 2 aromatic rings. The van der Waals surface area contributed by atoms with Crippen molar-refractivity contribution in [2.75, 3.05) is 0 Å². The zero-order chi connectivity index (χ0) is 13.9. The Hall–Kier alpha value is -2.24. The number of oxime groups is 1. The normalized spacial score (nSPS) is 13.5. The van der Waals surface area contributed by atoms with Crippen LogP contribution in [0, 0.1) is 0 Å². The summed E-state index contributed by atoms with van der Waals surface area (Å²) in [4.78, 5) is 9.47. The monoisotopic (exact) mass is 281 g/mol. The van der Waals surface area contributed by atoms with Gasteiger partial charge in [-0.2, -0.15) is 0 Å². The maximum absolute atomic E-state index is 11.6. The minimum atomic E-state index is -4.42. The van der Waals surface area contributed by atoms with Gasteiger partial charge in [-0.25, -0.2) is 4.57 Å². The maximum Gasteiger partial charge on any atom is 0.605 e. The maximum atomic E-state index is 11.6. The van der Waals surface area contributed by atoms with E-state index in [1.165, 1.54) is 0 Å². The number of hydrogen-bond acceptors (Lipinski definition) is 4. The van der Waals surface area contributed by atoms with E-state index >= 15 is 0 Å². The van der Waals surface area contributed by atoms with Crippen LogP contribution in [-0.4, -0.2) is 10.9 Å². The van der Waals surface area contributed by atoms with Gasteiger partial charge in [0, 0.05) is 5.39 Å². The number of rotatable bonds is 4. The van der Waals surface area contributed by atoms with E-state index in [0.717, 1.165) is 5.39 Å². The van der Waals surface area contributed by atoms with Crippen LogP contribution in [-0.2, 0) is 9.19 Å². The molecule has 0 heterocycles. The van der Waals surface area contributed by atoms with Gasteiger partial charge in [0.05, 0.1) is 0 Å². The van der Waals surface area contributed by atoms with Gasteiger partial charge in [0.25, 0.3) is 0 Å². The van der Waals surface area contributed by atoms with E-state index in [0.29, 0.717) is 5.39 Å². The Labute approximate surface area is 109 Å². The second-order valence-electron chi connectivity index (χ2n) is 3.63. The highest BCUT2D eigenvalue weighted by molar-refractivity contribution is 7.47. The van der Waals surface area contributed by atoms with E-state index in [4.69, 9.17) is 16.0 Å². The molecule has 100 valence electrons. The lowest BCUT2D eigenvalue weighted by atomic mass is 10.1. The standard InChI is InChI=1S/C11H12N3O4P/c12-11(13)14-18-19(15,16)17-10-7-3-5-8-4-1-2-6-9(8)10/h1-7H,(H,15,16)(H4,12,13,14). The van der Waals surface area contributed by atoms with E-state index in [9.17, 15) is 9.46 Å². The largest absolute Gasteiger partial charge is 0.605 e. The van der Waals surface area contributed by atoms with Crippen LogP contribution in [0.25, 0.3) is 10.8 Å². The predicted octanol–water partition coefficient (Wildman–Crippen LogP) is 1.52. The number of nitrogens with two attached hydrogens (primary N) is 2. The molecular weight excluding hydrogens is 269 g/mol. The second-order valence-corrected chi connectivity index (χ2v) is 4.92. The van der Waals surface area contributed by atoms with Crippen molar-refractivity contribution in [3.05, 3.63) is 42.5 Å². The molecule has 1 unspecified atom stereocenters. The highest BCUT2D eigenvalue weighted by atomic mass is 31.2. The van der Waals surface area contributed by atoms with Gasteiger partial charge >= 0.3 is 7.82 Å². The smallest absolute Gasteiger partial charge is 0.393 e. The Morgan fingerprint density at radius 1 is 1.16 bits per heavy atom. The van der Waals surface area contributed by atoms with E-state index in [1.54, 1.807) is 24.3 Å². The lowest BCUT2D eigenvalue weighted by Gasteiger charge is -2.11. The first-order valence-electron chi connectivity index (χ1n) is 5.26. The lowest BCUT2D eigenvalue weighted by molar-refractivity contribution is 0.212. The van der Waals surface area contributed by atoms with E-state index in [2.05, 4.69) is 9.78 Å². The highest BCUT2D eigenvalue weighted by Gasteiger charge is 2.25. The Morgan fingerprint density at radius 3 is 2.58 bits per heavy atom. The average molecular weight is 281 g/mol. The Bertz CT molecular complexity index is 665. The minimum Gasteiger partial charge on any atom is -0.393 e. The van der Waals surface area contributed by atoms with Gasteiger partial charge in [-0.3, -0.25) is 9.52 Å². The van der Waals surface area contributed by atoms with Gasteiger partial charge in [0.2, 0.25) is 5.96 Å². The molecule has 0 saturated heterocycles. The van der Waals surface area contributed by atoms with Gasteiger partial charge in [0.1, 0.15) is 5.75 Å². The molecule has 0 radical (unpaired) electrons. The van der Waals surface area contributed by atoms with Gasteiger partial charge < -0.3 is 16.0 Å². The van der Waals surface area contributed by atoms with Crippen molar-refractivity contribution < 1.29 is 18.6 Å². The highest BCUT2D eigenvalue weighted by Crippen LogP contribution is 2.45. The predicted molar refractivity (Wildman–Crippen MR) is 71.3 cm³/mol. The van der Waals surface area contributed by atoms with Crippen molar-refractivity contribution in [3.8, 4) is 5.75 Å².